The van der Waals surface area contributed by atoms with Crippen LogP contribution in [0.25, 0.3) is 6.08 Å². The van der Waals surface area contributed by atoms with Crippen molar-refractivity contribution in [1.29, 1.82) is 0 Å². The monoisotopic (exact) mass is 260 g/mol. The number of carboxylic acid groups (broad SMARTS) is 1. The van der Waals surface area contributed by atoms with Crippen LogP contribution in [0.3, 0.4) is 0 Å². The summed E-state index contributed by atoms with van der Waals surface area (Å²) in [7, 11) is 0. The van der Waals surface area contributed by atoms with Gasteiger partial charge in [-0.05, 0) is 42.5 Å². The van der Waals surface area contributed by atoms with E-state index in [-0.39, 0.29) is 5.92 Å². The third kappa shape index (κ3) is 3.84. The zero-order chi connectivity index (χ0) is 13.8. The van der Waals surface area contributed by atoms with E-state index in [1.165, 1.54) is 6.08 Å². The summed E-state index contributed by atoms with van der Waals surface area (Å²) >= 11 is 0. The Kier molecular flexibility index (Phi) is 3.85. The Morgan fingerprint density at radius 3 is 2.47 bits per heavy atom. The van der Waals surface area contributed by atoms with Crippen LogP contribution in [-0.4, -0.2) is 23.0 Å². The summed E-state index contributed by atoms with van der Waals surface area (Å²) in [5.74, 6) is -1.29. The average molecular weight is 260 g/mol. The number of nitrogens with one attached hydrogen (secondary N) is 1. The third-order valence-electron chi connectivity index (χ3n) is 3.02. The van der Waals surface area contributed by atoms with Gasteiger partial charge in [0.15, 0.2) is 0 Å². The van der Waals surface area contributed by atoms with Gasteiger partial charge in [0.1, 0.15) is 6.04 Å². The molecule has 0 spiro atoms. The molecule has 0 aliphatic heterocycles. The number of anilines is 1. The van der Waals surface area contributed by atoms with E-state index in [1.807, 2.05) is 0 Å². The molecular weight excluding hydrogens is 244 g/mol. The molecule has 5 heteroatoms. The molecule has 0 saturated heterocycles. The van der Waals surface area contributed by atoms with Crippen LogP contribution >= 0.6 is 0 Å². The maximum atomic E-state index is 11.6. The fourth-order valence-corrected chi connectivity index (χ4v) is 1.79. The van der Waals surface area contributed by atoms with Gasteiger partial charge >= 0.3 is 5.97 Å². The van der Waals surface area contributed by atoms with E-state index in [0.29, 0.717) is 5.69 Å². The van der Waals surface area contributed by atoms with E-state index in [0.717, 1.165) is 18.4 Å². The highest BCUT2D eigenvalue weighted by atomic mass is 16.4. The van der Waals surface area contributed by atoms with Gasteiger partial charge in [-0.15, -0.1) is 0 Å². The Morgan fingerprint density at radius 1 is 1.32 bits per heavy atom. The molecule has 19 heavy (non-hydrogen) atoms. The molecule has 4 N–H and O–H groups in total. The zero-order valence-electron chi connectivity index (χ0n) is 10.4. The molecule has 0 heterocycles. The second-order valence-electron chi connectivity index (χ2n) is 4.66. The lowest BCUT2D eigenvalue weighted by atomic mass is 10.1. The van der Waals surface area contributed by atoms with Crippen LogP contribution in [0.2, 0.25) is 0 Å². The van der Waals surface area contributed by atoms with E-state index in [4.69, 9.17) is 10.8 Å². The zero-order valence-corrected chi connectivity index (χ0v) is 10.4. The number of aliphatic carboxylic acids is 1. The number of rotatable bonds is 5. The van der Waals surface area contributed by atoms with E-state index in [9.17, 15) is 9.59 Å². The van der Waals surface area contributed by atoms with E-state index >= 15 is 0 Å². The molecule has 1 unspecified atom stereocenters. The van der Waals surface area contributed by atoms with Crippen molar-refractivity contribution in [1.82, 2.24) is 5.32 Å². The van der Waals surface area contributed by atoms with Gasteiger partial charge in [-0.2, -0.15) is 0 Å². The number of amides is 1. The van der Waals surface area contributed by atoms with Crippen LogP contribution < -0.4 is 11.1 Å². The quantitative estimate of drug-likeness (QED) is 0.549. The minimum atomic E-state index is -0.975. The fraction of sp³-hybridized carbons (Fsp3) is 0.286. The summed E-state index contributed by atoms with van der Waals surface area (Å²) in [6.07, 6.45) is 4.68. The topological polar surface area (TPSA) is 92.4 Å². The molecule has 1 saturated carbocycles. The van der Waals surface area contributed by atoms with Crippen molar-refractivity contribution in [2.75, 3.05) is 5.73 Å². The van der Waals surface area contributed by atoms with Gasteiger partial charge in [0.05, 0.1) is 0 Å². The molecule has 0 bridgehead atoms. The Labute approximate surface area is 111 Å². The summed E-state index contributed by atoms with van der Waals surface area (Å²) in [5, 5.41) is 11.5. The first-order chi connectivity index (χ1) is 9.06. The van der Waals surface area contributed by atoms with Crippen molar-refractivity contribution in [3.8, 4) is 0 Å². The van der Waals surface area contributed by atoms with Gasteiger partial charge in [0, 0.05) is 11.8 Å². The summed E-state index contributed by atoms with van der Waals surface area (Å²) in [5.41, 5.74) is 7.04. The molecule has 100 valence electrons. The highest BCUT2D eigenvalue weighted by molar-refractivity contribution is 5.94. The van der Waals surface area contributed by atoms with Crippen LogP contribution in [0, 0.1) is 5.92 Å². The number of hydrogen-bond acceptors (Lipinski definition) is 3. The van der Waals surface area contributed by atoms with Gasteiger partial charge in [0.25, 0.3) is 0 Å². The third-order valence-corrected chi connectivity index (χ3v) is 3.02. The normalized spacial score (nSPS) is 16.2. The van der Waals surface area contributed by atoms with Crippen LogP contribution in [0.15, 0.2) is 30.3 Å². The minimum Gasteiger partial charge on any atom is -0.480 e. The molecule has 1 aromatic rings. The number of carboxylic acids is 1. The number of hydrogen-bond donors (Lipinski definition) is 3. The molecule has 2 rings (SSSR count). The maximum absolute atomic E-state index is 11.6. The van der Waals surface area contributed by atoms with Crippen LogP contribution in [0.4, 0.5) is 5.69 Å². The number of carbonyl (C=O) groups is 2. The summed E-state index contributed by atoms with van der Waals surface area (Å²) in [6.45, 7) is 0. The lowest BCUT2D eigenvalue weighted by Crippen LogP contribution is -2.41. The molecule has 1 aliphatic carbocycles. The Bertz CT molecular complexity index is 504. The number of benzene rings is 1. The maximum Gasteiger partial charge on any atom is 0.326 e. The SMILES string of the molecule is Nc1ccc(/C=C/C(=O)NC(C(=O)O)C2CC2)cc1. The van der Waals surface area contributed by atoms with Gasteiger partial charge < -0.3 is 16.2 Å². The van der Waals surface area contributed by atoms with Gasteiger partial charge in [-0.25, -0.2) is 4.79 Å². The fourth-order valence-electron chi connectivity index (χ4n) is 1.79. The summed E-state index contributed by atoms with van der Waals surface area (Å²) in [6, 6.07) is 6.27. The molecule has 1 aromatic carbocycles. The highest BCUT2D eigenvalue weighted by Crippen LogP contribution is 2.32. The second kappa shape index (κ2) is 5.56. The van der Waals surface area contributed by atoms with Crippen molar-refractivity contribution in [2.24, 2.45) is 5.92 Å². The second-order valence-corrected chi connectivity index (χ2v) is 4.66. The standard InChI is InChI=1S/C14H16N2O3/c15-11-6-1-9(2-7-11)3-8-12(17)16-13(14(18)19)10-4-5-10/h1-3,6-8,10,13H,4-5,15H2,(H,16,17)(H,18,19)/b8-3+. The molecule has 1 amide bonds. The smallest absolute Gasteiger partial charge is 0.326 e. The Hall–Kier alpha value is -2.30. The Morgan fingerprint density at radius 2 is 1.95 bits per heavy atom. The van der Waals surface area contributed by atoms with E-state index < -0.39 is 17.9 Å². The first-order valence-corrected chi connectivity index (χ1v) is 6.13. The van der Waals surface area contributed by atoms with Gasteiger partial charge in [-0.1, -0.05) is 12.1 Å². The molecule has 1 atom stereocenters. The predicted octanol–water partition coefficient (Wildman–Crippen LogP) is 1.26. The molecule has 1 aliphatic rings. The average Bonchev–Trinajstić information content (AvgIpc) is 3.19. The first kappa shape index (κ1) is 13.1. The summed E-state index contributed by atoms with van der Waals surface area (Å²) < 4.78 is 0. The number of nitrogen functional groups attached to an aromatic ring is 1. The van der Waals surface area contributed by atoms with E-state index in [1.54, 1.807) is 30.3 Å². The first-order valence-electron chi connectivity index (χ1n) is 6.13. The molecule has 5 nitrogen and oxygen atoms in total. The van der Waals surface area contributed by atoms with Gasteiger partial charge in [0.2, 0.25) is 5.91 Å². The molecular formula is C14H16N2O3. The Balaban J connectivity index is 1.93. The molecule has 1 fully saturated rings. The van der Waals surface area contributed by atoms with Crippen LogP contribution in [0.5, 0.6) is 0 Å². The van der Waals surface area contributed by atoms with Crippen LogP contribution in [0.1, 0.15) is 18.4 Å². The number of nitrogens with two attached hydrogens (primary N) is 1. The lowest BCUT2D eigenvalue weighted by Gasteiger charge is -2.11. The lowest BCUT2D eigenvalue weighted by molar-refractivity contribution is -0.141. The van der Waals surface area contributed by atoms with Crippen molar-refractivity contribution in [3.63, 3.8) is 0 Å². The largest absolute Gasteiger partial charge is 0.480 e. The van der Waals surface area contributed by atoms with Crippen molar-refractivity contribution in [2.45, 2.75) is 18.9 Å². The highest BCUT2D eigenvalue weighted by Gasteiger charge is 2.36. The van der Waals surface area contributed by atoms with Crippen molar-refractivity contribution in [3.05, 3.63) is 35.9 Å². The molecule has 0 radical (unpaired) electrons. The van der Waals surface area contributed by atoms with Gasteiger partial charge in [-0.3, -0.25) is 4.79 Å². The van der Waals surface area contributed by atoms with Crippen molar-refractivity contribution >= 4 is 23.6 Å². The minimum absolute atomic E-state index is 0.0753. The van der Waals surface area contributed by atoms with Crippen LogP contribution in [-0.2, 0) is 9.59 Å². The van der Waals surface area contributed by atoms with E-state index in [2.05, 4.69) is 5.32 Å². The number of carbonyl (C=O) groups excluding carboxylic acids is 1. The summed E-state index contributed by atoms with van der Waals surface area (Å²) in [4.78, 5) is 22.6. The van der Waals surface area contributed by atoms with Crippen molar-refractivity contribution < 1.29 is 14.7 Å². The predicted molar refractivity (Wildman–Crippen MR) is 72.2 cm³/mol. The molecule has 0 aromatic heterocycles.